The van der Waals surface area contributed by atoms with Gasteiger partial charge in [0, 0.05) is 19.6 Å². The summed E-state index contributed by atoms with van der Waals surface area (Å²) in [4.78, 5) is 18.6. The summed E-state index contributed by atoms with van der Waals surface area (Å²) < 4.78 is 0. The van der Waals surface area contributed by atoms with Crippen LogP contribution in [-0.2, 0) is 0 Å². The van der Waals surface area contributed by atoms with Crippen LogP contribution in [0.3, 0.4) is 0 Å². The Morgan fingerprint density at radius 3 is 2.90 bits per heavy atom. The number of amides is 1. The van der Waals surface area contributed by atoms with Gasteiger partial charge in [-0.15, -0.1) is 0 Å². The fourth-order valence-electron chi connectivity index (χ4n) is 2.72. The van der Waals surface area contributed by atoms with Gasteiger partial charge in [-0.1, -0.05) is 20.3 Å². The van der Waals surface area contributed by atoms with Crippen molar-refractivity contribution in [2.45, 2.75) is 39.5 Å². The Balaban J connectivity index is 1.92. The van der Waals surface area contributed by atoms with Crippen molar-refractivity contribution in [1.82, 2.24) is 9.88 Å². The molecule has 0 spiro atoms. The van der Waals surface area contributed by atoms with E-state index in [9.17, 15) is 4.79 Å². The highest BCUT2D eigenvalue weighted by Crippen LogP contribution is 2.22. The van der Waals surface area contributed by atoms with Gasteiger partial charge in [0.15, 0.2) is 0 Å². The van der Waals surface area contributed by atoms with Gasteiger partial charge in [-0.2, -0.15) is 0 Å². The van der Waals surface area contributed by atoms with Gasteiger partial charge >= 0.3 is 0 Å². The molecule has 1 N–H and O–H groups in total. The average molecular weight is 275 g/mol. The number of hydrogen-bond donors (Lipinski definition) is 1. The second-order valence-corrected chi connectivity index (χ2v) is 5.55. The predicted molar refractivity (Wildman–Crippen MR) is 81.9 cm³/mol. The smallest absolute Gasteiger partial charge is 0.272 e. The normalized spacial score (nSPS) is 18.3. The Hall–Kier alpha value is -1.58. The zero-order valence-electron chi connectivity index (χ0n) is 12.6. The van der Waals surface area contributed by atoms with E-state index in [1.54, 1.807) is 6.20 Å². The minimum atomic E-state index is 0.0747. The van der Waals surface area contributed by atoms with E-state index in [1.165, 1.54) is 12.8 Å². The highest BCUT2D eigenvalue weighted by molar-refractivity contribution is 5.92. The van der Waals surface area contributed by atoms with Gasteiger partial charge in [-0.05, 0) is 37.3 Å². The van der Waals surface area contributed by atoms with Crippen molar-refractivity contribution in [3.63, 3.8) is 0 Å². The highest BCUT2D eigenvalue weighted by atomic mass is 16.2. The topological polar surface area (TPSA) is 45.2 Å². The second kappa shape index (κ2) is 7.27. The first-order valence-corrected chi connectivity index (χ1v) is 7.73. The molecule has 1 atom stereocenters. The predicted octanol–water partition coefficient (Wildman–Crippen LogP) is 3.17. The number of nitrogens with zero attached hydrogens (tertiary/aromatic N) is 2. The van der Waals surface area contributed by atoms with Gasteiger partial charge in [0.1, 0.15) is 5.69 Å². The molecule has 110 valence electrons. The molecule has 1 aromatic heterocycles. The van der Waals surface area contributed by atoms with Crippen molar-refractivity contribution in [2.75, 3.05) is 25.0 Å². The Morgan fingerprint density at radius 2 is 2.25 bits per heavy atom. The molecule has 1 unspecified atom stereocenters. The molecule has 20 heavy (non-hydrogen) atoms. The standard InChI is InChI=1S/C16H25N3O/c1-3-5-13-8-10-19(12-13)16(20)15-7-6-14(11-18-15)17-9-4-2/h6-7,11,13,17H,3-5,8-10,12H2,1-2H3. The fourth-order valence-corrected chi connectivity index (χ4v) is 2.72. The van der Waals surface area contributed by atoms with Crippen LogP contribution in [-0.4, -0.2) is 35.4 Å². The zero-order chi connectivity index (χ0) is 14.4. The number of anilines is 1. The molecule has 2 heterocycles. The van der Waals surface area contributed by atoms with E-state index in [2.05, 4.69) is 24.1 Å². The van der Waals surface area contributed by atoms with Gasteiger partial charge in [0.05, 0.1) is 11.9 Å². The molecule has 0 saturated carbocycles. The zero-order valence-corrected chi connectivity index (χ0v) is 12.6. The molecule has 2 rings (SSSR count). The van der Waals surface area contributed by atoms with Gasteiger partial charge in [0.25, 0.3) is 5.91 Å². The van der Waals surface area contributed by atoms with Crippen LogP contribution in [0.2, 0.25) is 0 Å². The Labute approximate surface area is 121 Å². The van der Waals surface area contributed by atoms with Crippen molar-refractivity contribution >= 4 is 11.6 Å². The third-order valence-electron chi connectivity index (χ3n) is 3.83. The molecule has 1 amide bonds. The third kappa shape index (κ3) is 3.71. The summed E-state index contributed by atoms with van der Waals surface area (Å²) in [5.41, 5.74) is 1.54. The third-order valence-corrected chi connectivity index (χ3v) is 3.83. The SMILES string of the molecule is CCCNc1ccc(C(=O)N2CCC(CCC)C2)nc1. The number of likely N-dealkylation sites (tertiary alicyclic amines) is 1. The molecule has 0 radical (unpaired) electrons. The van der Waals surface area contributed by atoms with Crippen LogP contribution < -0.4 is 5.32 Å². The lowest BCUT2D eigenvalue weighted by Gasteiger charge is -2.16. The molecule has 1 aliphatic rings. The fraction of sp³-hybridized carbons (Fsp3) is 0.625. The van der Waals surface area contributed by atoms with Gasteiger partial charge in [0.2, 0.25) is 0 Å². The molecular weight excluding hydrogens is 250 g/mol. The average Bonchev–Trinajstić information content (AvgIpc) is 2.94. The second-order valence-electron chi connectivity index (χ2n) is 5.55. The summed E-state index contributed by atoms with van der Waals surface area (Å²) >= 11 is 0. The first-order valence-electron chi connectivity index (χ1n) is 7.73. The van der Waals surface area contributed by atoms with Crippen LogP contribution in [0.25, 0.3) is 0 Å². The number of aromatic nitrogens is 1. The van der Waals surface area contributed by atoms with Gasteiger partial charge in [-0.25, -0.2) is 4.98 Å². The van der Waals surface area contributed by atoms with Crippen LogP contribution in [0, 0.1) is 5.92 Å². The van der Waals surface area contributed by atoms with Crippen LogP contribution in [0.15, 0.2) is 18.3 Å². The lowest BCUT2D eigenvalue weighted by atomic mass is 10.0. The molecule has 1 aromatic rings. The van der Waals surface area contributed by atoms with E-state index >= 15 is 0 Å². The van der Waals surface area contributed by atoms with Crippen LogP contribution in [0.1, 0.15) is 50.0 Å². The molecule has 4 nitrogen and oxygen atoms in total. The van der Waals surface area contributed by atoms with E-state index in [0.29, 0.717) is 11.6 Å². The molecule has 0 aliphatic carbocycles. The van der Waals surface area contributed by atoms with Crippen molar-refractivity contribution in [3.05, 3.63) is 24.0 Å². The summed E-state index contributed by atoms with van der Waals surface area (Å²) in [5.74, 6) is 0.750. The van der Waals surface area contributed by atoms with Crippen LogP contribution >= 0.6 is 0 Å². The molecule has 0 bridgehead atoms. The van der Waals surface area contributed by atoms with Crippen molar-refractivity contribution in [1.29, 1.82) is 0 Å². The van der Waals surface area contributed by atoms with Crippen LogP contribution in [0.4, 0.5) is 5.69 Å². The summed E-state index contributed by atoms with van der Waals surface area (Å²) in [6.45, 7) is 7.03. The van der Waals surface area contributed by atoms with Gasteiger partial charge < -0.3 is 10.2 Å². The molecule has 1 fully saturated rings. The summed E-state index contributed by atoms with van der Waals surface area (Å²) in [5, 5.41) is 3.27. The molecule has 1 aliphatic heterocycles. The molecule has 0 aromatic carbocycles. The van der Waals surface area contributed by atoms with E-state index in [-0.39, 0.29) is 5.91 Å². The monoisotopic (exact) mass is 275 g/mol. The molecular formula is C16H25N3O. The molecule has 4 heteroatoms. The highest BCUT2D eigenvalue weighted by Gasteiger charge is 2.26. The lowest BCUT2D eigenvalue weighted by Crippen LogP contribution is -2.29. The van der Waals surface area contributed by atoms with Crippen LogP contribution in [0.5, 0.6) is 0 Å². The minimum absolute atomic E-state index is 0.0747. The minimum Gasteiger partial charge on any atom is -0.384 e. The number of nitrogens with one attached hydrogen (secondary N) is 1. The van der Waals surface area contributed by atoms with E-state index in [0.717, 1.165) is 38.2 Å². The van der Waals surface area contributed by atoms with Crippen molar-refractivity contribution in [3.8, 4) is 0 Å². The first-order chi connectivity index (χ1) is 9.74. The summed E-state index contributed by atoms with van der Waals surface area (Å²) in [6, 6.07) is 3.77. The maximum Gasteiger partial charge on any atom is 0.272 e. The van der Waals surface area contributed by atoms with E-state index < -0.39 is 0 Å². The lowest BCUT2D eigenvalue weighted by molar-refractivity contribution is 0.0781. The van der Waals surface area contributed by atoms with Crippen molar-refractivity contribution < 1.29 is 4.79 Å². The number of pyridine rings is 1. The number of carbonyl (C=O) groups excluding carboxylic acids is 1. The maximum absolute atomic E-state index is 12.4. The number of hydrogen-bond acceptors (Lipinski definition) is 3. The first kappa shape index (κ1) is 14.8. The maximum atomic E-state index is 12.4. The van der Waals surface area contributed by atoms with E-state index in [4.69, 9.17) is 0 Å². The summed E-state index contributed by atoms with van der Waals surface area (Å²) in [6.07, 6.45) is 6.38. The van der Waals surface area contributed by atoms with E-state index in [1.807, 2.05) is 17.0 Å². The Morgan fingerprint density at radius 1 is 1.40 bits per heavy atom. The quantitative estimate of drug-likeness (QED) is 0.867. The Bertz CT molecular complexity index is 430. The summed E-state index contributed by atoms with van der Waals surface area (Å²) in [7, 11) is 0. The largest absolute Gasteiger partial charge is 0.384 e. The van der Waals surface area contributed by atoms with Crippen molar-refractivity contribution in [2.24, 2.45) is 5.92 Å². The number of rotatable bonds is 6. The Kier molecular flexibility index (Phi) is 5.39. The number of carbonyl (C=O) groups is 1. The van der Waals surface area contributed by atoms with Gasteiger partial charge in [-0.3, -0.25) is 4.79 Å². The molecule has 1 saturated heterocycles.